The molecule has 0 bridgehead atoms. The highest BCUT2D eigenvalue weighted by Crippen LogP contribution is 2.19. The SMILES string of the molecule is CC(=O)c1ccccc1NC(=O)c1nn(C(C)C)c(=O)c2ccccc12. The van der Waals surface area contributed by atoms with Crippen molar-refractivity contribution < 1.29 is 9.59 Å². The van der Waals surface area contributed by atoms with E-state index in [1.807, 2.05) is 13.8 Å². The molecule has 0 unspecified atom stereocenters. The van der Waals surface area contributed by atoms with Crippen molar-refractivity contribution in [1.82, 2.24) is 9.78 Å². The maximum Gasteiger partial charge on any atom is 0.276 e. The fraction of sp³-hybridized carbons (Fsp3) is 0.200. The van der Waals surface area contributed by atoms with Crippen molar-refractivity contribution in [2.45, 2.75) is 26.8 Å². The highest BCUT2D eigenvalue weighted by atomic mass is 16.2. The molecule has 1 amide bonds. The van der Waals surface area contributed by atoms with Crippen LogP contribution in [0.2, 0.25) is 0 Å². The molecule has 0 saturated heterocycles. The lowest BCUT2D eigenvalue weighted by atomic mass is 10.1. The maximum atomic E-state index is 12.9. The third-order valence-corrected chi connectivity index (χ3v) is 4.09. The molecule has 132 valence electrons. The van der Waals surface area contributed by atoms with E-state index in [-0.39, 0.29) is 23.1 Å². The lowest BCUT2D eigenvalue weighted by molar-refractivity contribution is 0.101. The van der Waals surface area contributed by atoms with E-state index in [4.69, 9.17) is 0 Å². The van der Waals surface area contributed by atoms with Gasteiger partial charge in [0, 0.05) is 10.9 Å². The molecular formula is C20H19N3O3. The number of rotatable bonds is 4. The Balaban J connectivity index is 2.14. The number of nitrogens with one attached hydrogen (secondary N) is 1. The number of nitrogens with zero attached hydrogens (tertiary/aromatic N) is 2. The highest BCUT2D eigenvalue weighted by Gasteiger charge is 2.19. The summed E-state index contributed by atoms with van der Waals surface area (Å²) in [4.78, 5) is 37.2. The summed E-state index contributed by atoms with van der Waals surface area (Å²) in [5.41, 5.74) is 0.740. The molecule has 0 atom stereocenters. The van der Waals surface area contributed by atoms with Gasteiger partial charge in [0.25, 0.3) is 11.5 Å². The number of aromatic nitrogens is 2. The van der Waals surface area contributed by atoms with Gasteiger partial charge < -0.3 is 5.32 Å². The first-order valence-electron chi connectivity index (χ1n) is 8.33. The van der Waals surface area contributed by atoms with E-state index in [9.17, 15) is 14.4 Å². The number of carbonyl (C=O) groups is 2. The predicted molar refractivity (Wildman–Crippen MR) is 101 cm³/mol. The van der Waals surface area contributed by atoms with Crippen LogP contribution in [0, 0.1) is 0 Å². The molecule has 1 heterocycles. The third-order valence-electron chi connectivity index (χ3n) is 4.09. The second-order valence-corrected chi connectivity index (χ2v) is 6.29. The summed E-state index contributed by atoms with van der Waals surface area (Å²) in [7, 11) is 0. The van der Waals surface area contributed by atoms with E-state index < -0.39 is 5.91 Å². The van der Waals surface area contributed by atoms with Gasteiger partial charge in [0.2, 0.25) is 0 Å². The minimum atomic E-state index is -0.468. The van der Waals surface area contributed by atoms with Gasteiger partial charge in [0.1, 0.15) is 0 Å². The molecule has 0 spiro atoms. The zero-order chi connectivity index (χ0) is 18.8. The summed E-state index contributed by atoms with van der Waals surface area (Å²) in [6, 6.07) is 13.5. The molecular weight excluding hydrogens is 330 g/mol. The normalized spacial score (nSPS) is 10.9. The van der Waals surface area contributed by atoms with Crippen LogP contribution in [0.15, 0.2) is 53.3 Å². The minimum Gasteiger partial charge on any atom is -0.320 e. The smallest absolute Gasteiger partial charge is 0.276 e. The quantitative estimate of drug-likeness (QED) is 0.732. The van der Waals surface area contributed by atoms with E-state index in [2.05, 4.69) is 10.4 Å². The van der Waals surface area contributed by atoms with Gasteiger partial charge in [-0.3, -0.25) is 14.4 Å². The van der Waals surface area contributed by atoms with Gasteiger partial charge in [-0.05, 0) is 39.0 Å². The topological polar surface area (TPSA) is 81.1 Å². The standard InChI is InChI=1S/C20H19N3O3/c1-12(2)23-20(26)16-10-5-4-9-15(16)18(22-23)19(25)21-17-11-7-6-8-14(17)13(3)24/h4-12H,1-3H3,(H,21,25). The first-order valence-corrected chi connectivity index (χ1v) is 8.33. The first kappa shape index (κ1) is 17.5. The number of benzene rings is 2. The van der Waals surface area contributed by atoms with Crippen LogP contribution in [0.5, 0.6) is 0 Å². The Bertz CT molecular complexity index is 1070. The van der Waals surface area contributed by atoms with Crippen LogP contribution < -0.4 is 10.9 Å². The largest absolute Gasteiger partial charge is 0.320 e. The lowest BCUT2D eigenvalue weighted by Gasteiger charge is -2.14. The van der Waals surface area contributed by atoms with E-state index >= 15 is 0 Å². The zero-order valence-corrected chi connectivity index (χ0v) is 14.8. The van der Waals surface area contributed by atoms with Gasteiger partial charge in [-0.25, -0.2) is 4.68 Å². The fourth-order valence-electron chi connectivity index (χ4n) is 2.80. The highest BCUT2D eigenvalue weighted by molar-refractivity contribution is 6.13. The molecule has 0 aliphatic carbocycles. The molecule has 26 heavy (non-hydrogen) atoms. The van der Waals surface area contributed by atoms with Gasteiger partial charge in [0.15, 0.2) is 11.5 Å². The average Bonchev–Trinajstić information content (AvgIpc) is 2.62. The van der Waals surface area contributed by atoms with Gasteiger partial charge in [0.05, 0.1) is 17.1 Å². The van der Waals surface area contributed by atoms with Gasteiger partial charge in [-0.15, -0.1) is 0 Å². The summed E-state index contributed by atoms with van der Waals surface area (Å²) in [5, 5.41) is 7.94. The van der Waals surface area contributed by atoms with Crippen LogP contribution in [0.4, 0.5) is 5.69 Å². The molecule has 0 radical (unpaired) electrons. The molecule has 1 N–H and O–H groups in total. The Morgan fingerprint density at radius 1 is 1.00 bits per heavy atom. The van der Waals surface area contributed by atoms with E-state index in [0.717, 1.165) is 0 Å². The van der Waals surface area contributed by atoms with Crippen molar-refractivity contribution in [2.24, 2.45) is 0 Å². The molecule has 0 aliphatic heterocycles. The van der Waals surface area contributed by atoms with Crippen LogP contribution >= 0.6 is 0 Å². The van der Waals surface area contributed by atoms with Crippen molar-refractivity contribution in [2.75, 3.05) is 5.32 Å². The second-order valence-electron chi connectivity index (χ2n) is 6.29. The fourth-order valence-corrected chi connectivity index (χ4v) is 2.80. The number of Topliss-reactive ketones (excluding diaryl/α,β-unsaturated/α-hetero) is 1. The number of fused-ring (bicyclic) bond motifs is 1. The molecule has 0 saturated carbocycles. The number of para-hydroxylation sites is 1. The molecule has 6 heteroatoms. The van der Waals surface area contributed by atoms with Crippen LogP contribution in [-0.2, 0) is 0 Å². The summed E-state index contributed by atoms with van der Waals surface area (Å²) in [5.74, 6) is -0.616. The van der Waals surface area contributed by atoms with Gasteiger partial charge in [-0.1, -0.05) is 30.3 Å². The summed E-state index contributed by atoms with van der Waals surface area (Å²) in [6.07, 6.45) is 0. The Kier molecular flexibility index (Phi) is 4.67. The van der Waals surface area contributed by atoms with Crippen molar-refractivity contribution in [3.8, 4) is 0 Å². The average molecular weight is 349 g/mol. The van der Waals surface area contributed by atoms with Crippen LogP contribution in [-0.4, -0.2) is 21.5 Å². The number of amides is 1. The summed E-state index contributed by atoms with van der Waals surface area (Å²) < 4.78 is 1.30. The molecule has 1 aromatic heterocycles. The van der Waals surface area contributed by atoms with Gasteiger partial charge in [-0.2, -0.15) is 5.10 Å². The minimum absolute atomic E-state index is 0.146. The first-order chi connectivity index (χ1) is 12.4. The Labute approximate surface area is 150 Å². The molecule has 2 aromatic carbocycles. The van der Waals surface area contributed by atoms with Crippen molar-refractivity contribution >= 4 is 28.2 Å². The molecule has 3 aromatic rings. The Morgan fingerprint density at radius 3 is 2.27 bits per heavy atom. The molecule has 6 nitrogen and oxygen atoms in total. The number of carbonyl (C=O) groups excluding carboxylic acids is 2. The molecule has 0 fully saturated rings. The van der Waals surface area contributed by atoms with Crippen molar-refractivity contribution in [1.29, 1.82) is 0 Å². The van der Waals surface area contributed by atoms with Crippen LogP contribution in [0.25, 0.3) is 10.8 Å². The number of ketones is 1. The molecule has 3 rings (SSSR count). The number of hydrogen-bond donors (Lipinski definition) is 1. The van der Waals surface area contributed by atoms with Crippen LogP contribution in [0.3, 0.4) is 0 Å². The summed E-state index contributed by atoms with van der Waals surface area (Å²) in [6.45, 7) is 5.10. The van der Waals surface area contributed by atoms with E-state index in [0.29, 0.717) is 22.0 Å². The lowest BCUT2D eigenvalue weighted by Crippen LogP contribution is -2.29. The van der Waals surface area contributed by atoms with E-state index in [1.54, 1.807) is 48.5 Å². The van der Waals surface area contributed by atoms with Gasteiger partial charge >= 0.3 is 0 Å². The Morgan fingerprint density at radius 2 is 1.62 bits per heavy atom. The molecule has 0 aliphatic rings. The third kappa shape index (κ3) is 3.13. The van der Waals surface area contributed by atoms with Crippen molar-refractivity contribution in [3.05, 3.63) is 70.1 Å². The van der Waals surface area contributed by atoms with Crippen molar-refractivity contribution in [3.63, 3.8) is 0 Å². The summed E-state index contributed by atoms with van der Waals surface area (Å²) >= 11 is 0. The zero-order valence-electron chi connectivity index (χ0n) is 14.8. The van der Waals surface area contributed by atoms with Crippen LogP contribution in [0.1, 0.15) is 47.7 Å². The number of hydrogen-bond acceptors (Lipinski definition) is 4. The Hall–Kier alpha value is -3.28. The predicted octanol–water partition coefficient (Wildman–Crippen LogP) is 3.43. The second kappa shape index (κ2) is 6.92. The van der Waals surface area contributed by atoms with E-state index in [1.165, 1.54) is 11.6 Å². The monoisotopic (exact) mass is 349 g/mol. The number of anilines is 1. The maximum absolute atomic E-state index is 12.9.